The molecule has 1 heterocycles. The van der Waals surface area contributed by atoms with Crippen LogP contribution >= 0.6 is 0 Å². The number of rotatable bonds is 6. The average molecular weight is 327 g/mol. The van der Waals surface area contributed by atoms with Gasteiger partial charge in [0.1, 0.15) is 5.69 Å². The predicted octanol–water partition coefficient (Wildman–Crippen LogP) is 3.85. The Morgan fingerprint density at radius 2 is 1.62 bits per heavy atom. The van der Waals surface area contributed by atoms with E-state index in [0.717, 1.165) is 5.56 Å². The summed E-state index contributed by atoms with van der Waals surface area (Å²) in [4.78, 5) is 27.3. The van der Waals surface area contributed by atoms with Gasteiger partial charge in [-0.1, -0.05) is 36.4 Å². The lowest BCUT2D eigenvalue weighted by atomic mass is 10.1. The molecule has 0 amide bonds. The van der Waals surface area contributed by atoms with E-state index in [1.165, 1.54) is 0 Å². The minimum absolute atomic E-state index is 0.264. The Morgan fingerprint density at radius 1 is 1.00 bits per heavy atom. The second kappa shape index (κ2) is 8.15. The summed E-state index contributed by atoms with van der Waals surface area (Å²) in [5.74, 6) is -0.950. The fraction of sp³-hybridized carbons (Fsp3) is 0.263. The van der Waals surface area contributed by atoms with Crippen molar-refractivity contribution >= 4 is 24.1 Å². The number of nitrogens with one attached hydrogen (secondary N) is 1. The lowest BCUT2D eigenvalue weighted by Gasteiger charge is -2.03. The molecule has 0 fully saturated rings. The highest BCUT2D eigenvalue weighted by molar-refractivity contribution is 6.01. The molecule has 24 heavy (non-hydrogen) atoms. The molecule has 0 aliphatic carbocycles. The van der Waals surface area contributed by atoms with Crippen molar-refractivity contribution in [3.63, 3.8) is 0 Å². The minimum atomic E-state index is -0.486. The van der Waals surface area contributed by atoms with Gasteiger partial charge in [0.05, 0.1) is 24.5 Å². The van der Waals surface area contributed by atoms with Crippen molar-refractivity contribution in [2.75, 3.05) is 13.2 Å². The van der Waals surface area contributed by atoms with Crippen LogP contribution in [-0.2, 0) is 9.47 Å². The molecule has 0 unspecified atom stereocenters. The number of H-pyrrole nitrogens is 1. The standard InChI is InChI=1S/C19H21NO4/c1-4-23-18(21)16-13(3)17(19(22)24-5-2)20-15(16)12-11-14-9-7-6-8-10-14/h6-12,20H,4-5H2,1-3H3/b12-11+. The maximum Gasteiger partial charge on any atom is 0.355 e. The largest absolute Gasteiger partial charge is 0.462 e. The lowest BCUT2D eigenvalue weighted by molar-refractivity contribution is 0.0518. The van der Waals surface area contributed by atoms with Crippen molar-refractivity contribution in [3.8, 4) is 0 Å². The first-order chi connectivity index (χ1) is 11.6. The summed E-state index contributed by atoms with van der Waals surface area (Å²) in [6.07, 6.45) is 3.63. The molecule has 1 aromatic carbocycles. The fourth-order valence-electron chi connectivity index (χ4n) is 2.36. The summed E-state index contributed by atoms with van der Waals surface area (Å²) in [5.41, 5.74) is 2.66. The van der Waals surface area contributed by atoms with Crippen LogP contribution in [0.5, 0.6) is 0 Å². The van der Waals surface area contributed by atoms with Crippen LogP contribution in [0.4, 0.5) is 0 Å². The van der Waals surface area contributed by atoms with Crippen LogP contribution in [0.15, 0.2) is 30.3 Å². The van der Waals surface area contributed by atoms with Crippen molar-refractivity contribution in [1.29, 1.82) is 0 Å². The average Bonchev–Trinajstić information content (AvgIpc) is 2.91. The molecule has 126 valence electrons. The molecule has 0 aliphatic rings. The molecule has 0 aliphatic heterocycles. The van der Waals surface area contributed by atoms with Gasteiger partial charge in [0, 0.05) is 0 Å². The van der Waals surface area contributed by atoms with E-state index in [1.807, 2.05) is 36.4 Å². The first-order valence-electron chi connectivity index (χ1n) is 7.88. The highest BCUT2D eigenvalue weighted by Gasteiger charge is 2.24. The van der Waals surface area contributed by atoms with Gasteiger partial charge in [-0.15, -0.1) is 0 Å². The number of hydrogen-bond donors (Lipinski definition) is 1. The van der Waals surface area contributed by atoms with Gasteiger partial charge in [-0.25, -0.2) is 9.59 Å². The van der Waals surface area contributed by atoms with Crippen molar-refractivity contribution in [1.82, 2.24) is 4.98 Å². The summed E-state index contributed by atoms with van der Waals surface area (Å²) in [5, 5.41) is 0. The van der Waals surface area contributed by atoms with Gasteiger partial charge in [-0.2, -0.15) is 0 Å². The van der Waals surface area contributed by atoms with Crippen molar-refractivity contribution < 1.29 is 19.1 Å². The summed E-state index contributed by atoms with van der Waals surface area (Å²) in [6, 6.07) is 9.68. The number of carbonyl (C=O) groups is 2. The summed E-state index contributed by atoms with van der Waals surface area (Å²) in [6.45, 7) is 5.71. The van der Waals surface area contributed by atoms with Crippen molar-refractivity contribution in [2.45, 2.75) is 20.8 Å². The van der Waals surface area contributed by atoms with Crippen LogP contribution in [-0.4, -0.2) is 30.1 Å². The monoisotopic (exact) mass is 327 g/mol. The molecule has 5 heteroatoms. The Balaban J connectivity index is 2.44. The second-order valence-corrected chi connectivity index (χ2v) is 5.10. The van der Waals surface area contributed by atoms with Gasteiger partial charge in [0.2, 0.25) is 0 Å². The third-order valence-electron chi connectivity index (χ3n) is 3.48. The maximum absolute atomic E-state index is 12.3. The Morgan fingerprint density at radius 3 is 2.25 bits per heavy atom. The molecular formula is C19H21NO4. The first-order valence-corrected chi connectivity index (χ1v) is 7.88. The quantitative estimate of drug-likeness (QED) is 0.818. The smallest absolute Gasteiger partial charge is 0.355 e. The topological polar surface area (TPSA) is 68.4 Å². The molecule has 0 atom stereocenters. The van der Waals surface area contributed by atoms with Gasteiger partial charge in [-0.3, -0.25) is 0 Å². The van der Waals surface area contributed by atoms with Gasteiger partial charge in [0.25, 0.3) is 0 Å². The SMILES string of the molecule is CCOC(=O)c1[nH]c(/C=C/c2ccccc2)c(C(=O)OCC)c1C. The third kappa shape index (κ3) is 3.93. The molecule has 0 spiro atoms. The Labute approximate surface area is 141 Å². The Hall–Kier alpha value is -2.82. The van der Waals surface area contributed by atoms with E-state index in [1.54, 1.807) is 26.8 Å². The van der Waals surface area contributed by atoms with E-state index < -0.39 is 11.9 Å². The predicted molar refractivity (Wildman–Crippen MR) is 92.8 cm³/mol. The van der Waals surface area contributed by atoms with Crippen LogP contribution in [0.25, 0.3) is 12.2 Å². The molecule has 0 bridgehead atoms. The van der Waals surface area contributed by atoms with Crippen molar-refractivity contribution in [3.05, 3.63) is 58.4 Å². The Bertz CT molecular complexity index is 744. The van der Waals surface area contributed by atoms with Gasteiger partial charge < -0.3 is 14.5 Å². The number of ether oxygens (including phenoxy) is 2. The van der Waals surface area contributed by atoms with Crippen LogP contribution in [0, 0.1) is 6.92 Å². The van der Waals surface area contributed by atoms with E-state index in [-0.39, 0.29) is 18.9 Å². The molecule has 2 aromatic rings. The maximum atomic E-state index is 12.3. The van der Waals surface area contributed by atoms with Crippen LogP contribution in [0.2, 0.25) is 0 Å². The van der Waals surface area contributed by atoms with E-state index in [2.05, 4.69) is 4.98 Å². The Kier molecular flexibility index (Phi) is 5.95. The molecule has 0 saturated carbocycles. The summed E-state index contributed by atoms with van der Waals surface area (Å²) < 4.78 is 10.1. The normalized spacial score (nSPS) is 10.8. The molecule has 0 saturated heterocycles. The number of hydrogen-bond acceptors (Lipinski definition) is 4. The lowest BCUT2D eigenvalue weighted by Crippen LogP contribution is -2.09. The van der Waals surface area contributed by atoms with Gasteiger partial charge in [-0.05, 0) is 38.0 Å². The van der Waals surface area contributed by atoms with Gasteiger partial charge in [0.15, 0.2) is 0 Å². The van der Waals surface area contributed by atoms with Crippen LogP contribution in [0.1, 0.15) is 51.5 Å². The third-order valence-corrected chi connectivity index (χ3v) is 3.48. The van der Waals surface area contributed by atoms with Crippen molar-refractivity contribution in [2.24, 2.45) is 0 Å². The van der Waals surface area contributed by atoms with Crippen LogP contribution < -0.4 is 0 Å². The number of benzene rings is 1. The highest BCUT2D eigenvalue weighted by atomic mass is 16.5. The minimum Gasteiger partial charge on any atom is -0.462 e. The highest BCUT2D eigenvalue weighted by Crippen LogP contribution is 2.22. The first kappa shape index (κ1) is 17.5. The number of esters is 2. The van der Waals surface area contributed by atoms with Crippen LogP contribution in [0.3, 0.4) is 0 Å². The zero-order valence-electron chi connectivity index (χ0n) is 14.1. The molecular weight excluding hydrogens is 306 g/mol. The molecule has 1 N–H and O–H groups in total. The fourth-order valence-corrected chi connectivity index (χ4v) is 2.36. The summed E-state index contributed by atoms with van der Waals surface area (Å²) >= 11 is 0. The molecule has 2 rings (SSSR count). The molecule has 0 radical (unpaired) electrons. The van der Waals surface area contributed by atoms with E-state index >= 15 is 0 Å². The number of aromatic amines is 1. The van der Waals surface area contributed by atoms with Gasteiger partial charge >= 0.3 is 11.9 Å². The molecule has 1 aromatic heterocycles. The number of aromatic nitrogens is 1. The van der Waals surface area contributed by atoms with E-state index in [4.69, 9.17) is 9.47 Å². The molecule has 5 nitrogen and oxygen atoms in total. The zero-order valence-corrected chi connectivity index (χ0v) is 14.1. The van der Waals surface area contributed by atoms with E-state index in [0.29, 0.717) is 16.8 Å². The second-order valence-electron chi connectivity index (χ2n) is 5.10. The summed E-state index contributed by atoms with van der Waals surface area (Å²) in [7, 11) is 0. The number of carbonyl (C=O) groups excluding carboxylic acids is 2. The van der Waals surface area contributed by atoms with E-state index in [9.17, 15) is 9.59 Å². The zero-order chi connectivity index (χ0) is 17.5.